The number of carbonyl (C=O) groups excluding carboxylic acids is 2. The molecule has 6 atom stereocenters. The summed E-state index contributed by atoms with van der Waals surface area (Å²) in [5.74, 6) is 2.30. The number of benzene rings is 4. The number of aromatic hydroxyl groups is 1. The van der Waals surface area contributed by atoms with Gasteiger partial charge in [-0.2, -0.15) is 17.0 Å². The maximum Gasteiger partial charge on any atom is 0.408 e. The number of hydrogen-bond acceptors (Lipinski definition) is 15. The average Bonchev–Trinajstić information content (AvgIpc) is 3.93. The number of phenolic OH excluding ortho intramolecular Hbond substituents is 1. The van der Waals surface area contributed by atoms with Crippen molar-refractivity contribution in [1.29, 1.82) is 5.26 Å². The molecule has 68 heavy (non-hydrogen) atoms. The van der Waals surface area contributed by atoms with Crippen LogP contribution in [0.5, 0.6) is 28.7 Å². The first-order valence-corrected chi connectivity index (χ1v) is 24.3. The minimum absolute atomic E-state index is 0.0480. The molecule has 9 rings (SSSR count). The highest BCUT2D eigenvalue weighted by Gasteiger charge is 2.57. The molecule has 1 aliphatic carbocycles. The number of amides is 1. The Labute approximate surface area is 401 Å². The first-order valence-electron chi connectivity index (χ1n) is 23.1. The Balaban J connectivity index is 1.06. The zero-order valence-electron chi connectivity index (χ0n) is 39.9. The Kier molecular flexibility index (Phi) is 13.5. The summed E-state index contributed by atoms with van der Waals surface area (Å²) in [4.78, 5) is 32.4. The number of rotatable bonds is 15. The Morgan fingerprint density at radius 1 is 0.971 bits per heavy atom. The molecule has 0 saturated carbocycles. The first-order chi connectivity index (χ1) is 32.8. The minimum atomic E-state index is -1.09. The third-order valence-electron chi connectivity index (χ3n) is 13.9. The molecule has 0 spiro atoms. The summed E-state index contributed by atoms with van der Waals surface area (Å²) in [6, 6.07) is 17.8. The van der Waals surface area contributed by atoms with Crippen molar-refractivity contribution in [2.75, 3.05) is 66.2 Å². The third kappa shape index (κ3) is 8.57. The van der Waals surface area contributed by atoms with E-state index in [-0.39, 0.29) is 49.7 Å². The predicted octanol–water partition coefficient (Wildman–Crippen LogP) is 7.50. The molecule has 4 heterocycles. The van der Waals surface area contributed by atoms with E-state index in [4.69, 9.17) is 37.9 Å². The number of nitrogens with one attached hydrogen (secondary N) is 1. The molecule has 1 saturated heterocycles. The van der Waals surface area contributed by atoms with Gasteiger partial charge in [0.25, 0.3) is 0 Å². The van der Waals surface area contributed by atoms with Crippen LogP contribution in [0.15, 0.2) is 54.6 Å². The first kappa shape index (κ1) is 47.4. The molecular weight excluding hydrogens is 889 g/mol. The summed E-state index contributed by atoms with van der Waals surface area (Å²) < 4.78 is 47.6. The average molecular weight is 949 g/mol. The maximum atomic E-state index is 14.7. The summed E-state index contributed by atoms with van der Waals surface area (Å²) in [6.45, 7) is 9.45. The van der Waals surface area contributed by atoms with Gasteiger partial charge in [0, 0.05) is 58.9 Å². The van der Waals surface area contributed by atoms with Crippen LogP contribution in [0.4, 0.5) is 4.79 Å². The number of hydrogen-bond donors (Lipinski definition) is 2. The molecule has 0 unspecified atom stereocenters. The van der Waals surface area contributed by atoms with Crippen LogP contribution in [0, 0.1) is 25.2 Å². The van der Waals surface area contributed by atoms with Crippen molar-refractivity contribution in [1.82, 2.24) is 15.1 Å². The van der Waals surface area contributed by atoms with Gasteiger partial charge >= 0.3 is 12.1 Å². The SMILES string of the molecule is COCCOCOc1c(OC)c(C)cc2c1[C@H]1[C@@H]3Cc4c(O)c(C)c5c(c4[C@H](COC(=O)[C@@H](CSCC4c6ccccc6-c6ccccc64)NC(=O)OC(C)(C)C)N3[C@@H](C#N)[C@@H](C2)N1C)OCO5. The maximum absolute atomic E-state index is 14.7. The molecule has 1 amide bonds. The van der Waals surface area contributed by atoms with Crippen molar-refractivity contribution in [3.8, 4) is 45.9 Å². The summed E-state index contributed by atoms with van der Waals surface area (Å²) in [7, 11) is 5.24. The van der Waals surface area contributed by atoms with Gasteiger partial charge in [0.05, 0.1) is 38.5 Å². The van der Waals surface area contributed by atoms with Gasteiger partial charge in [-0.25, -0.2) is 9.59 Å². The molecule has 4 aromatic rings. The van der Waals surface area contributed by atoms with Gasteiger partial charge in [0.1, 0.15) is 30.0 Å². The number of thioether (sulfide) groups is 1. The summed E-state index contributed by atoms with van der Waals surface area (Å²) in [6.07, 6.45) is 0.0853. The van der Waals surface area contributed by atoms with Crippen molar-refractivity contribution in [3.05, 3.63) is 99.1 Å². The fourth-order valence-corrected chi connectivity index (χ4v) is 12.2. The quantitative estimate of drug-likeness (QED) is 0.0682. The van der Waals surface area contributed by atoms with E-state index in [1.165, 1.54) is 22.3 Å². The fourth-order valence-electron chi connectivity index (χ4n) is 11.0. The number of alkyl carbamates (subject to hydrolysis) is 1. The van der Waals surface area contributed by atoms with Crippen molar-refractivity contribution in [3.63, 3.8) is 0 Å². The summed E-state index contributed by atoms with van der Waals surface area (Å²) >= 11 is 1.55. The lowest BCUT2D eigenvalue weighted by Gasteiger charge is -2.59. The number of aryl methyl sites for hydroxylation is 1. The summed E-state index contributed by atoms with van der Waals surface area (Å²) in [5.41, 5.74) is 8.57. The zero-order chi connectivity index (χ0) is 48.0. The minimum Gasteiger partial charge on any atom is -0.507 e. The molecular formula is C52H60N4O11S. The number of nitrogens with zero attached hydrogens (tertiary/aromatic N) is 3. The van der Waals surface area contributed by atoms with Crippen LogP contribution in [0.1, 0.15) is 83.3 Å². The van der Waals surface area contributed by atoms with Crippen molar-refractivity contribution in [2.45, 2.75) is 95.2 Å². The lowest BCUT2D eigenvalue weighted by Crippen LogP contribution is -2.68. The van der Waals surface area contributed by atoms with E-state index in [0.717, 1.165) is 16.7 Å². The normalized spacial score (nSPS) is 21.6. The number of likely N-dealkylation sites (N-methyl/N-ethyl adjacent to an activating group) is 1. The van der Waals surface area contributed by atoms with Gasteiger partial charge in [0.15, 0.2) is 29.8 Å². The second kappa shape index (κ2) is 19.4. The highest BCUT2D eigenvalue weighted by atomic mass is 32.2. The topological polar surface area (TPSA) is 171 Å². The van der Waals surface area contributed by atoms with Crippen LogP contribution in [0.25, 0.3) is 11.1 Å². The number of nitriles is 1. The van der Waals surface area contributed by atoms with E-state index in [0.29, 0.717) is 71.5 Å². The molecule has 5 aliphatic rings. The van der Waals surface area contributed by atoms with Crippen molar-refractivity contribution >= 4 is 23.8 Å². The third-order valence-corrected chi connectivity index (χ3v) is 15.0. The van der Waals surface area contributed by atoms with Gasteiger partial charge in [-0.05, 0) is 87.9 Å². The Hall–Kier alpha value is -5.70. The molecule has 16 heteroatoms. The monoisotopic (exact) mass is 948 g/mol. The van der Waals surface area contributed by atoms with Crippen LogP contribution in [0.2, 0.25) is 0 Å². The van der Waals surface area contributed by atoms with Gasteiger partial charge in [-0.15, -0.1) is 0 Å². The largest absolute Gasteiger partial charge is 0.507 e. The second-order valence-electron chi connectivity index (χ2n) is 19.0. The van der Waals surface area contributed by atoms with Gasteiger partial charge in [0.2, 0.25) is 6.79 Å². The highest BCUT2D eigenvalue weighted by molar-refractivity contribution is 7.99. The second-order valence-corrected chi connectivity index (χ2v) is 20.1. The predicted molar refractivity (Wildman–Crippen MR) is 255 cm³/mol. The number of esters is 1. The number of piperazine rings is 1. The van der Waals surface area contributed by atoms with Crippen molar-refractivity contribution < 1.29 is 52.6 Å². The smallest absolute Gasteiger partial charge is 0.408 e. The molecule has 4 aromatic carbocycles. The number of phenols is 1. The Morgan fingerprint density at radius 2 is 1.68 bits per heavy atom. The lowest BCUT2D eigenvalue weighted by molar-refractivity contribution is -0.151. The molecule has 2 bridgehead atoms. The van der Waals surface area contributed by atoms with Crippen LogP contribution < -0.4 is 24.3 Å². The molecule has 15 nitrogen and oxygen atoms in total. The molecule has 360 valence electrons. The number of carbonyl (C=O) groups is 2. The van der Waals surface area contributed by atoms with E-state index < -0.39 is 41.8 Å². The molecule has 4 aliphatic heterocycles. The van der Waals surface area contributed by atoms with Gasteiger partial charge < -0.3 is 48.3 Å². The fraction of sp³-hybridized carbons (Fsp3) is 0.481. The van der Waals surface area contributed by atoms with Crippen LogP contribution in [0.3, 0.4) is 0 Å². The van der Waals surface area contributed by atoms with Crippen LogP contribution >= 0.6 is 11.8 Å². The van der Waals surface area contributed by atoms with E-state index >= 15 is 0 Å². The Bertz CT molecular complexity index is 2580. The van der Waals surface area contributed by atoms with E-state index in [1.807, 2.05) is 38.2 Å². The van der Waals surface area contributed by atoms with Gasteiger partial charge in [-0.1, -0.05) is 54.6 Å². The van der Waals surface area contributed by atoms with Crippen molar-refractivity contribution in [2.24, 2.45) is 0 Å². The summed E-state index contributed by atoms with van der Waals surface area (Å²) in [5, 5.41) is 26.1. The van der Waals surface area contributed by atoms with Crippen LogP contribution in [-0.2, 0) is 36.6 Å². The molecule has 0 aromatic heterocycles. The number of ether oxygens (including phenoxy) is 8. The molecule has 2 N–H and O–H groups in total. The Morgan fingerprint density at radius 3 is 2.35 bits per heavy atom. The molecule has 1 fully saturated rings. The number of methoxy groups -OCH3 is 2. The zero-order valence-corrected chi connectivity index (χ0v) is 40.7. The van der Waals surface area contributed by atoms with E-state index in [1.54, 1.807) is 53.7 Å². The highest BCUT2D eigenvalue weighted by Crippen LogP contribution is 2.58. The number of fused-ring (bicyclic) bond motifs is 12. The standard InChI is InChI=1S/C52H60N4O11S/c1-28-19-30-20-38-40(22-53)56-39(44(55(38)6)42(30)48(46(28)61-8)64-26-62-18-17-60-7)21-35-43(49-47(65-27-66-49)29(2)45(35)57)41(56)23-63-50(58)37(54-51(59)67-52(3,4)5)25-68-24-36-33-15-11-9-13-31(33)32-14-10-12-16-34(32)36/h9-16,19,36-41,44,57H,17-18,20-21,23-27H2,1-8H3,(H,54,59)/t37-,38-,39+,40+,41+,44-/m1/s1. The van der Waals surface area contributed by atoms with Crippen LogP contribution in [-0.4, -0.2) is 123 Å². The molecule has 0 radical (unpaired) electrons. The van der Waals surface area contributed by atoms with E-state index in [9.17, 15) is 20.0 Å². The van der Waals surface area contributed by atoms with Gasteiger partial charge in [-0.3, -0.25) is 9.80 Å². The lowest BCUT2D eigenvalue weighted by atomic mass is 9.71. The van der Waals surface area contributed by atoms with E-state index in [2.05, 4.69) is 51.5 Å².